The molecule has 0 aliphatic heterocycles. The van der Waals surface area contributed by atoms with Crippen LogP contribution in [-0.4, -0.2) is 23.7 Å². The lowest BCUT2D eigenvalue weighted by atomic mass is 9.78. The van der Waals surface area contributed by atoms with Crippen LogP contribution in [0.25, 0.3) is 0 Å². The van der Waals surface area contributed by atoms with Crippen molar-refractivity contribution in [1.82, 2.24) is 5.32 Å². The predicted molar refractivity (Wildman–Crippen MR) is 71.3 cm³/mol. The molecule has 1 amide bonds. The van der Waals surface area contributed by atoms with Gasteiger partial charge in [0.05, 0.1) is 12.0 Å². The Hall–Kier alpha value is -1.35. The molecule has 98 valence electrons. The smallest absolute Gasteiger partial charge is 0.230 e. The number of benzene rings is 1. The third kappa shape index (κ3) is 2.41. The third-order valence-electron chi connectivity index (χ3n) is 3.87. The largest absolute Gasteiger partial charge is 0.394 e. The van der Waals surface area contributed by atoms with E-state index >= 15 is 0 Å². The minimum atomic E-state index is -0.384. The van der Waals surface area contributed by atoms with Gasteiger partial charge in [0.25, 0.3) is 0 Å². The van der Waals surface area contributed by atoms with Crippen molar-refractivity contribution in [3.05, 3.63) is 35.9 Å². The summed E-state index contributed by atoms with van der Waals surface area (Å²) in [7, 11) is 0. The summed E-state index contributed by atoms with van der Waals surface area (Å²) in [6.45, 7) is 1.81. The van der Waals surface area contributed by atoms with Gasteiger partial charge < -0.3 is 10.4 Å². The van der Waals surface area contributed by atoms with Crippen LogP contribution in [0.2, 0.25) is 0 Å². The lowest BCUT2D eigenvalue weighted by molar-refractivity contribution is -0.127. The third-order valence-corrected chi connectivity index (χ3v) is 3.87. The second-order valence-electron chi connectivity index (χ2n) is 5.21. The Kier molecular flexibility index (Phi) is 4.02. The molecule has 2 rings (SSSR count). The molecule has 0 saturated heterocycles. The normalized spacial score (nSPS) is 19.4. The highest BCUT2D eigenvalue weighted by Gasteiger charge is 2.42. The van der Waals surface area contributed by atoms with E-state index < -0.39 is 0 Å². The minimum absolute atomic E-state index is 0.0173. The van der Waals surface area contributed by atoms with Gasteiger partial charge in [-0.25, -0.2) is 0 Å². The summed E-state index contributed by atoms with van der Waals surface area (Å²) in [6.07, 6.45) is 3.99. The van der Waals surface area contributed by atoms with Crippen molar-refractivity contribution in [3.63, 3.8) is 0 Å². The molecule has 18 heavy (non-hydrogen) atoms. The molecule has 1 saturated carbocycles. The number of aliphatic hydroxyl groups is 1. The number of nitrogens with one attached hydrogen (secondary N) is 1. The second kappa shape index (κ2) is 5.53. The molecule has 0 spiro atoms. The SMILES string of the molecule is C[C@H](CO)NC(=O)C1(c2ccccc2)CCCC1. The van der Waals surface area contributed by atoms with Gasteiger partial charge in [0.2, 0.25) is 5.91 Å². The zero-order valence-corrected chi connectivity index (χ0v) is 10.9. The van der Waals surface area contributed by atoms with E-state index in [4.69, 9.17) is 5.11 Å². The fourth-order valence-electron chi connectivity index (χ4n) is 2.79. The van der Waals surface area contributed by atoms with Crippen LogP contribution in [0.1, 0.15) is 38.2 Å². The quantitative estimate of drug-likeness (QED) is 0.855. The van der Waals surface area contributed by atoms with Crippen LogP contribution in [0, 0.1) is 0 Å². The van der Waals surface area contributed by atoms with Crippen LogP contribution >= 0.6 is 0 Å². The standard InChI is InChI=1S/C15H21NO2/c1-12(11-17)16-14(18)15(9-5-6-10-15)13-7-3-2-4-8-13/h2-4,7-8,12,17H,5-6,9-11H2,1H3,(H,16,18)/t12-/m1/s1. The summed E-state index contributed by atoms with van der Waals surface area (Å²) >= 11 is 0. The topological polar surface area (TPSA) is 49.3 Å². The molecule has 0 heterocycles. The van der Waals surface area contributed by atoms with Gasteiger partial charge in [0.1, 0.15) is 0 Å². The zero-order valence-electron chi connectivity index (χ0n) is 10.9. The van der Waals surface area contributed by atoms with E-state index in [2.05, 4.69) is 5.32 Å². The van der Waals surface area contributed by atoms with Gasteiger partial charge in [0, 0.05) is 6.04 Å². The molecule has 1 fully saturated rings. The number of carbonyl (C=O) groups is 1. The molecule has 0 bridgehead atoms. The van der Waals surface area contributed by atoms with Crippen molar-refractivity contribution in [2.75, 3.05) is 6.61 Å². The molecule has 1 aliphatic carbocycles. The van der Waals surface area contributed by atoms with E-state index in [0.29, 0.717) is 0 Å². The molecule has 3 nitrogen and oxygen atoms in total. The van der Waals surface area contributed by atoms with E-state index in [1.54, 1.807) is 0 Å². The summed E-state index contributed by atoms with van der Waals surface area (Å²) in [5, 5.41) is 12.0. The van der Waals surface area contributed by atoms with Gasteiger partial charge in [-0.05, 0) is 25.3 Å². The molecule has 0 aromatic heterocycles. The Bertz CT molecular complexity index is 396. The van der Waals surface area contributed by atoms with Crippen LogP contribution in [0.15, 0.2) is 30.3 Å². The van der Waals surface area contributed by atoms with Crippen molar-refractivity contribution >= 4 is 5.91 Å². The molecule has 1 aromatic rings. The summed E-state index contributed by atoms with van der Waals surface area (Å²) < 4.78 is 0. The second-order valence-corrected chi connectivity index (χ2v) is 5.21. The summed E-state index contributed by atoms with van der Waals surface area (Å²) in [5.41, 5.74) is 0.718. The molecular weight excluding hydrogens is 226 g/mol. The molecule has 0 unspecified atom stereocenters. The van der Waals surface area contributed by atoms with Gasteiger partial charge >= 0.3 is 0 Å². The van der Waals surface area contributed by atoms with Crippen molar-refractivity contribution in [2.45, 2.75) is 44.1 Å². The first-order chi connectivity index (χ1) is 8.69. The number of amides is 1. The highest BCUT2D eigenvalue weighted by atomic mass is 16.3. The Morgan fingerprint density at radius 3 is 2.50 bits per heavy atom. The first-order valence-corrected chi connectivity index (χ1v) is 6.66. The lowest BCUT2D eigenvalue weighted by Gasteiger charge is -2.29. The lowest BCUT2D eigenvalue weighted by Crippen LogP contribution is -2.47. The Labute approximate surface area is 108 Å². The van der Waals surface area contributed by atoms with Crippen molar-refractivity contribution in [2.24, 2.45) is 0 Å². The maximum Gasteiger partial charge on any atom is 0.230 e. The van der Waals surface area contributed by atoms with E-state index in [1.807, 2.05) is 37.3 Å². The highest BCUT2D eigenvalue weighted by Crippen LogP contribution is 2.41. The maximum absolute atomic E-state index is 12.5. The number of hydrogen-bond acceptors (Lipinski definition) is 2. The molecule has 1 aliphatic rings. The highest BCUT2D eigenvalue weighted by molar-refractivity contribution is 5.88. The van der Waals surface area contributed by atoms with Gasteiger partial charge in [-0.3, -0.25) is 4.79 Å². The van der Waals surface area contributed by atoms with Crippen molar-refractivity contribution in [3.8, 4) is 0 Å². The number of carbonyl (C=O) groups excluding carboxylic acids is 1. The van der Waals surface area contributed by atoms with Gasteiger partial charge in [-0.1, -0.05) is 43.2 Å². The van der Waals surface area contributed by atoms with Gasteiger partial charge in [-0.2, -0.15) is 0 Å². The fourth-order valence-corrected chi connectivity index (χ4v) is 2.79. The van der Waals surface area contributed by atoms with E-state index in [1.165, 1.54) is 0 Å². The number of rotatable bonds is 4. The van der Waals surface area contributed by atoms with Gasteiger partial charge in [-0.15, -0.1) is 0 Å². The van der Waals surface area contributed by atoms with Gasteiger partial charge in [0.15, 0.2) is 0 Å². The Morgan fingerprint density at radius 1 is 1.33 bits per heavy atom. The summed E-state index contributed by atoms with van der Waals surface area (Å²) in [6, 6.07) is 9.83. The van der Waals surface area contributed by atoms with E-state index in [0.717, 1.165) is 31.2 Å². The Balaban J connectivity index is 2.25. The molecular formula is C15H21NO2. The average molecular weight is 247 g/mol. The monoisotopic (exact) mass is 247 g/mol. The molecule has 1 aromatic carbocycles. The van der Waals surface area contributed by atoms with E-state index in [9.17, 15) is 4.79 Å². The summed E-state index contributed by atoms with van der Waals surface area (Å²) in [4.78, 5) is 12.5. The van der Waals surface area contributed by atoms with E-state index in [-0.39, 0.29) is 24.0 Å². The minimum Gasteiger partial charge on any atom is -0.394 e. The summed E-state index contributed by atoms with van der Waals surface area (Å²) in [5.74, 6) is 0.0627. The number of aliphatic hydroxyl groups excluding tert-OH is 1. The van der Waals surface area contributed by atoms with Crippen LogP contribution in [0.3, 0.4) is 0 Å². The first-order valence-electron chi connectivity index (χ1n) is 6.66. The first kappa shape index (κ1) is 13.1. The average Bonchev–Trinajstić information content (AvgIpc) is 2.90. The molecule has 1 atom stereocenters. The van der Waals surface area contributed by atoms with Crippen molar-refractivity contribution in [1.29, 1.82) is 0 Å². The predicted octanol–water partition coefficient (Wildman–Crippen LogP) is 2.00. The van der Waals surface area contributed by atoms with Crippen LogP contribution in [0.4, 0.5) is 0 Å². The zero-order chi connectivity index (χ0) is 13.0. The molecule has 3 heteroatoms. The van der Waals surface area contributed by atoms with Crippen LogP contribution < -0.4 is 5.32 Å². The van der Waals surface area contributed by atoms with Crippen molar-refractivity contribution < 1.29 is 9.90 Å². The molecule has 0 radical (unpaired) electrons. The Morgan fingerprint density at radius 2 is 1.94 bits per heavy atom. The molecule has 2 N–H and O–H groups in total. The van der Waals surface area contributed by atoms with Crippen LogP contribution in [0.5, 0.6) is 0 Å². The fraction of sp³-hybridized carbons (Fsp3) is 0.533. The maximum atomic E-state index is 12.5. The number of hydrogen-bond donors (Lipinski definition) is 2. The van der Waals surface area contributed by atoms with Crippen LogP contribution in [-0.2, 0) is 10.2 Å².